The molecule has 0 fully saturated rings. The topological polar surface area (TPSA) is 96.9 Å². The molecule has 2 rings (SSSR count). The summed E-state index contributed by atoms with van der Waals surface area (Å²) < 4.78 is 0. The lowest BCUT2D eigenvalue weighted by atomic mass is 10.1. The Morgan fingerprint density at radius 3 is 2.52 bits per heavy atom. The van der Waals surface area contributed by atoms with Gasteiger partial charge in [0.25, 0.3) is 0 Å². The molecule has 2 aromatic rings. The summed E-state index contributed by atoms with van der Waals surface area (Å²) in [5, 5.41) is 29.7. The minimum Gasteiger partial charge on any atom is -0.481 e. The van der Waals surface area contributed by atoms with Crippen molar-refractivity contribution in [2.45, 2.75) is 13.0 Å². The quantitative estimate of drug-likeness (QED) is 0.884. The van der Waals surface area contributed by atoms with Crippen LogP contribution in [0.2, 0.25) is 0 Å². The zero-order chi connectivity index (χ0) is 15.2. The first-order valence-electron chi connectivity index (χ1n) is 6.10. The van der Waals surface area contributed by atoms with Crippen LogP contribution in [0, 0.1) is 22.7 Å². The van der Waals surface area contributed by atoms with Crippen LogP contribution in [-0.2, 0) is 17.8 Å². The molecule has 0 bridgehead atoms. The molecule has 0 unspecified atom stereocenters. The lowest BCUT2D eigenvalue weighted by Crippen LogP contribution is -1.98. The van der Waals surface area contributed by atoms with Crippen LogP contribution in [0.25, 0.3) is 0 Å². The van der Waals surface area contributed by atoms with Gasteiger partial charge in [-0.2, -0.15) is 10.5 Å². The van der Waals surface area contributed by atoms with Crippen LogP contribution < -0.4 is 5.32 Å². The van der Waals surface area contributed by atoms with Gasteiger partial charge in [0.1, 0.15) is 12.1 Å². The summed E-state index contributed by atoms with van der Waals surface area (Å²) in [7, 11) is 0. The van der Waals surface area contributed by atoms with Gasteiger partial charge in [0, 0.05) is 22.0 Å². The molecule has 2 N–H and O–H groups in total. The molecular formula is C15H11N3O2S. The molecule has 104 valence electrons. The number of carboxylic acid groups (broad SMARTS) is 1. The standard InChI is InChI=1S/C15H11N3O2S/c16-7-10-1-2-12(5-11(10)8-17)18-9-14-4-3-13(21-14)6-15(19)20/h1-5,18H,6,9H2,(H,19,20). The smallest absolute Gasteiger partial charge is 0.308 e. The van der Waals surface area contributed by atoms with E-state index in [1.807, 2.05) is 18.2 Å². The third kappa shape index (κ3) is 3.82. The fourth-order valence-electron chi connectivity index (χ4n) is 1.79. The lowest BCUT2D eigenvalue weighted by molar-refractivity contribution is -0.136. The summed E-state index contributed by atoms with van der Waals surface area (Å²) in [4.78, 5) is 12.4. The molecule has 0 aliphatic carbocycles. The van der Waals surface area contributed by atoms with E-state index in [1.54, 1.807) is 24.3 Å². The number of nitriles is 2. The van der Waals surface area contributed by atoms with Gasteiger partial charge in [-0.15, -0.1) is 11.3 Å². The Balaban J connectivity index is 2.03. The molecule has 0 saturated heterocycles. The van der Waals surface area contributed by atoms with Gasteiger partial charge >= 0.3 is 5.97 Å². The Bertz CT molecular complexity index is 753. The molecule has 6 heteroatoms. The molecule has 0 radical (unpaired) electrons. The van der Waals surface area contributed by atoms with Crippen LogP contribution in [-0.4, -0.2) is 11.1 Å². The Morgan fingerprint density at radius 1 is 1.14 bits per heavy atom. The molecule has 5 nitrogen and oxygen atoms in total. The predicted molar refractivity (Wildman–Crippen MR) is 78.9 cm³/mol. The molecule has 0 aliphatic rings. The number of anilines is 1. The molecule has 1 aromatic heterocycles. The summed E-state index contributed by atoms with van der Waals surface area (Å²) >= 11 is 1.44. The third-order valence-corrected chi connectivity index (χ3v) is 3.86. The number of hydrogen-bond donors (Lipinski definition) is 2. The summed E-state index contributed by atoms with van der Waals surface area (Å²) in [6.45, 7) is 0.543. The number of carbonyl (C=O) groups is 1. The highest BCUT2D eigenvalue weighted by atomic mass is 32.1. The molecule has 21 heavy (non-hydrogen) atoms. The normalized spacial score (nSPS) is 9.62. The van der Waals surface area contributed by atoms with Crippen LogP contribution >= 0.6 is 11.3 Å². The van der Waals surface area contributed by atoms with E-state index in [1.165, 1.54) is 11.3 Å². The number of nitrogens with one attached hydrogen (secondary N) is 1. The molecule has 0 saturated carbocycles. The minimum absolute atomic E-state index is 0.0279. The van der Waals surface area contributed by atoms with Crippen LogP contribution in [0.3, 0.4) is 0 Å². The van der Waals surface area contributed by atoms with E-state index in [4.69, 9.17) is 15.6 Å². The zero-order valence-electron chi connectivity index (χ0n) is 11.0. The Morgan fingerprint density at radius 2 is 1.86 bits per heavy atom. The van der Waals surface area contributed by atoms with Gasteiger partial charge in [0.15, 0.2) is 0 Å². The molecule has 1 aromatic carbocycles. The largest absolute Gasteiger partial charge is 0.481 e. The van der Waals surface area contributed by atoms with E-state index < -0.39 is 5.97 Å². The monoisotopic (exact) mass is 297 g/mol. The highest BCUT2D eigenvalue weighted by Gasteiger charge is 2.06. The van der Waals surface area contributed by atoms with Crippen LogP contribution in [0.15, 0.2) is 30.3 Å². The lowest BCUT2D eigenvalue weighted by Gasteiger charge is -2.05. The van der Waals surface area contributed by atoms with Crippen LogP contribution in [0.5, 0.6) is 0 Å². The van der Waals surface area contributed by atoms with Crippen LogP contribution in [0.1, 0.15) is 20.9 Å². The van der Waals surface area contributed by atoms with E-state index in [2.05, 4.69) is 5.32 Å². The second-order valence-corrected chi connectivity index (χ2v) is 5.53. The van der Waals surface area contributed by atoms with Crippen LogP contribution in [0.4, 0.5) is 5.69 Å². The number of aliphatic carboxylic acids is 1. The SMILES string of the molecule is N#Cc1ccc(NCc2ccc(CC(=O)O)s2)cc1C#N. The number of rotatable bonds is 5. The van der Waals surface area contributed by atoms with Gasteiger partial charge in [-0.1, -0.05) is 0 Å². The van der Waals surface area contributed by atoms with Crippen molar-refractivity contribution < 1.29 is 9.90 Å². The Hall–Kier alpha value is -2.83. The van der Waals surface area contributed by atoms with Crippen molar-refractivity contribution in [2.24, 2.45) is 0 Å². The fourth-order valence-corrected chi connectivity index (χ4v) is 2.74. The Labute approximate surface area is 125 Å². The zero-order valence-corrected chi connectivity index (χ0v) is 11.8. The Kier molecular flexibility index (Phi) is 4.55. The first-order valence-corrected chi connectivity index (χ1v) is 6.91. The third-order valence-electron chi connectivity index (χ3n) is 2.77. The van der Waals surface area contributed by atoms with E-state index >= 15 is 0 Å². The molecule has 0 atom stereocenters. The fraction of sp³-hybridized carbons (Fsp3) is 0.133. The number of nitrogens with zero attached hydrogens (tertiary/aromatic N) is 2. The van der Waals surface area contributed by atoms with Gasteiger partial charge in [0.05, 0.1) is 17.5 Å². The van der Waals surface area contributed by atoms with Gasteiger partial charge in [-0.3, -0.25) is 4.79 Å². The predicted octanol–water partition coefficient (Wildman–Crippen LogP) is 2.73. The van der Waals surface area contributed by atoms with E-state index in [-0.39, 0.29) is 6.42 Å². The van der Waals surface area contributed by atoms with Crippen molar-refractivity contribution in [2.75, 3.05) is 5.32 Å². The maximum absolute atomic E-state index is 10.6. The summed E-state index contributed by atoms with van der Waals surface area (Å²) in [5.41, 5.74) is 1.43. The maximum Gasteiger partial charge on any atom is 0.308 e. The highest BCUT2D eigenvalue weighted by molar-refractivity contribution is 7.12. The van der Waals surface area contributed by atoms with E-state index in [9.17, 15) is 4.79 Å². The van der Waals surface area contributed by atoms with Crippen molar-refractivity contribution in [3.8, 4) is 12.1 Å². The first-order chi connectivity index (χ1) is 10.1. The molecule has 1 heterocycles. The molecule has 0 aliphatic heterocycles. The van der Waals surface area contributed by atoms with Gasteiger partial charge in [-0.05, 0) is 30.3 Å². The van der Waals surface area contributed by atoms with Crippen molar-refractivity contribution in [1.29, 1.82) is 10.5 Å². The van der Waals surface area contributed by atoms with E-state index in [0.717, 1.165) is 15.4 Å². The van der Waals surface area contributed by atoms with Crippen molar-refractivity contribution >= 4 is 23.0 Å². The highest BCUT2D eigenvalue weighted by Crippen LogP contribution is 2.20. The maximum atomic E-state index is 10.6. The molecular weight excluding hydrogens is 286 g/mol. The van der Waals surface area contributed by atoms with E-state index in [0.29, 0.717) is 17.7 Å². The first kappa shape index (κ1) is 14.6. The number of hydrogen-bond acceptors (Lipinski definition) is 5. The minimum atomic E-state index is -0.845. The summed E-state index contributed by atoms with van der Waals surface area (Å²) in [6, 6.07) is 12.6. The second kappa shape index (κ2) is 6.56. The van der Waals surface area contributed by atoms with Gasteiger partial charge in [-0.25, -0.2) is 0 Å². The van der Waals surface area contributed by atoms with Crippen molar-refractivity contribution in [3.63, 3.8) is 0 Å². The number of benzene rings is 1. The van der Waals surface area contributed by atoms with Gasteiger partial charge < -0.3 is 10.4 Å². The summed E-state index contributed by atoms with van der Waals surface area (Å²) in [5.74, 6) is -0.845. The molecule has 0 spiro atoms. The number of thiophene rings is 1. The van der Waals surface area contributed by atoms with Gasteiger partial charge in [0.2, 0.25) is 0 Å². The average molecular weight is 297 g/mol. The second-order valence-electron chi connectivity index (χ2n) is 4.28. The molecule has 0 amide bonds. The van der Waals surface area contributed by atoms with Crippen molar-refractivity contribution in [3.05, 3.63) is 51.2 Å². The number of carboxylic acids is 1. The summed E-state index contributed by atoms with van der Waals surface area (Å²) in [6.07, 6.45) is 0.0279. The average Bonchev–Trinajstić information content (AvgIpc) is 2.91. The van der Waals surface area contributed by atoms with Crippen molar-refractivity contribution in [1.82, 2.24) is 0 Å².